The van der Waals surface area contributed by atoms with Crippen LogP contribution in [0.25, 0.3) is 11.4 Å². The van der Waals surface area contributed by atoms with Crippen LogP contribution in [0.4, 0.5) is 13.2 Å². The van der Waals surface area contributed by atoms with Crippen LogP contribution in [0.1, 0.15) is 12.5 Å². The average molecular weight is 466 g/mol. The molecule has 0 bridgehead atoms. The van der Waals surface area contributed by atoms with Gasteiger partial charge in [0.05, 0.1) is 12.4 Å². The second-order valence-electron chi connectivity index (χ2n) is 6.77. The maximum absolute atomic E-state index is 13.0. The van der Waals surface area contributed by atoms with Gasteiger partial charge < -0.3 is 15.5 Å². The van der Waals surface area contributed by atoms with E-state index >= 15 is 0 Å². The Morgan fingerprint density at radius 2 is 1.81 bits per heavy atom. The Morgan fingerprint density at radius 3 is 2.44 bits per heavy atom. The fourth-order valence-corrected chi connectivity index (χ4v) is 3.67. The lowest BCUT2D eigenvalue weighted by Gasteiger charge is -2.24. The van der Waals surface area contributed by atoms with Crippen LogP contribution in [0.15, 0.2) is 59.8 Å². The predicted molar refractivity (Wildman–Crippen MR) is 115 cm³/mol. The van der Waals surface area contributed by atoms with Crippen molar-refractivity contribution in [3.8, 4) is 17.1 Å². The Balaban J connectivity index is 1.68. The summed E-state index contributed by atoms with van der Waals surface area (Å²) in [5, 5.41) is 8.22. The van der Waals surface area contributed by atoms with E-state index in [4.69, 9.17) is 10.6 Å². The lowest BCUT2D eigenvalue weighted by molar-refractivity contribution is -0.160. The third-order valence-corrected chi connectivity index (χ3v) is 5.28. The van der Waals surface area contributed by atoms with Gasteiger partial charge in [0, 0.05) is 12.1 Å². The minimum Gasteiger partial charge on any atom is -0.494 e. The molecule has 1 heterocycles. The molecule has 3 aromatic rings. The van der Waals surface area contributed by atoms with Crippen molar-refractivity contribution in [2.45, 2.75) is 24.8 Å². The number of amides is 1. The molecule has 0 spiro atoms. The molecule has 0 aliphatic carbocycles. The fraction of sp³-hybridized carbons (Fsp3) is 0.286. The molecule has 170 valence electrons. The Hall–Kier alpha value is -3.21. The van der Waals surface area contributed by atoms with Crippen LogP contribution in [0.5, 0.6) is 5.75 Å². The van der Waals surface area contributed by atoms with Crippen molar-refractivity contribution in [3.63, 3.8) is 0 Å². The molecule has 0 saturated heterocycles. The number of nitrogens with zero attached hydrogens (tertiary/aromatic N) is 4. The monoisotopic (exact) mass is 465 g/mol. The maximum Gasteiger partial charge on any atom is 0.406 e. The number of hydrogen-bond donors (Lipinski definition) is 1. The molecular weight excluding hydrogens is 443 g/mol. The number of rotatable bonds is 9. The van der Waals surface area contributed by atoms with Crippen LogP contribution in [0.3, 0.4) is 0 Å². The van der Waals surface area contributed by atoms with Gasteiger partial charge in [-0.15, -0.1) is 10.2 Å². The molecule has 2 N–H and O–H groups in total. The predicted octanol–water partition coefficient (Wildman–Crippen LogP) is 3.74. The van der Waals surface area contributed by atoms with Gasteiger partial charge in [-0.1, -0.05) is 42.1 Å². The van der Waals surface area contributed by atoms with E-state index in [1.165, 1.54) is 4.68 Å². The highest BCUT2D eigenvalue weighted by Crippen LogP contribution is 2.25. The third kappa shape index (κ3) is 6.39. The number of carbonyl (C=O) groups excluding carboxylic acids is 1. The van der Waals surface area contributed by atoms with E-state index in [2.05, 4.69) is 10.2 Å². The molecule has 11 heteroatoms. The van der Waals surface area contributed by atoms with Crippen LogP contribution < -0.4 is 10.6 Å². The van der Waals surface area contributed by atoms with E-state index in [0.29, 0.717) is 29.3 Å². The molecule has 0 aliphatic rings. The van der Waals surface area contributed by atoms with Gasteiger partial charge >= 0.3 is 6.18 Å². The second kappa shape index (κ2) is 10.4. The third-order valence-electron chi connectivity index (χ3n) is 4.35. The highest BCUT2D eigenvalue weighted by atomic mass is 32.2. The molecule has 0 saturated carbocycles. The zero-order valence-corrected chi connectivity index (χ0v) is 18.1. The topological polar surface area (TPSA) is 86.3 Å². The quantitative estimate of drug-likeness (QED) is 0.383. The van der Waals surface area contributed by atoms with Crippen LogP contribution >= 0.6 is 11.8 Å². The molecule has 2 aromatic carbocycles. The van der Waals surface area contributed by atoms with Crippen molar-refractivity contribution in [1.29, 1.82) is 0 Å². The number of aromatic nitrogens is 3. The van der Waals surface area contributed by atoms with Gasteiger partial charge in [-0.05, 0) is 36.8 Å². The summed E-state index contributed by atoms with van der Waals surface area (Å²) in [4.78, 5) is 13.3. The van der Waals surface area contributed by atoms with Gasteiger partial charge in [0.2, 0.25) is 11.1 Å². The van der Waals surface area contributed by atoms with E-state index in [0.717, 1.165) is 16.7 Å². The summed E-state index contributed by atoms with van der Waals surface area (Å²) in [7, 11) is 0. The van der Waals surface area contributed by atoms with Gasteiger partial charge in [0.15, 0.2) is 5.82 Å². The smallest absolute Gasteiger partial charge is 0.406 e. The minimum absolute atomic E-state index is 0.146. The first-order valence-electron chi connectivity index (χ1n) is 9.72. The summed E-state index contributed by atoms with van der Waals surface area (Å²) in [5.41, 5.74) is 1.29. The first kappa shape index (κ1) is 23.5. The number of halogens is 3. The number of nitrogens with two attached hydrogens (primary N) is 1. The van der Waals surface area contributed by atoms with Crippen LogP contribution in [0.2, 0.25) is 0 Å². The zero-order valence-electron chi connectivity index (χ0n) is 17.2. The second-order valence-corrected chi connectivity index (χ2v) is 7.72. The summed E-state index contributed by atoms with van der Waals surface area (Å²) < 4.78 is 45.6. The lowest BCUT2D eigenvalue weighted by atomic mass is 10.2. The van der Waals surface area contributed by atoms with Crippen LogP contribution in [-0.2, 0) is 11.3 Å². The summed E-state index contributed by atoms with van der Waals surface area (Å²) in [6, 6.07) is 15.6. The number of hydrogen-bond acceptors (Lipinski definition) is 6. The highest BCUT2D eigenvalue weighted by Gasteiger charge is 2.33. The molecule has 1 aromatic heterocycles. The Kier molecular flexibility index (Phi) is 7.62. The van der Waals surface area contributed by atoms with Gasteiger partial charge in [-0.3, -0.25) is 4.79 Å². The zero-order chi connectivity index (χ0) is 23.1. The Labute approximate surface area is 187 Å². The van der Waals surface area contributed by atoms with E-state index in [9.17, 15) is 18.0 Å². The summed E-state index contributed by atoms with van der Waals surface area (Å²) >= 11 is 0.928. The lowest BCUT2D eigenvalue weighted by Crippen LogP contribution is -2.39. The van der Waals surface area contributed by atoms with Crippen LogP contribution in [-0.4, -0.2) is 50.8 Å². The van der Waals surface area contributed by atoms with E-state index in [1.54, 1.807) is 54.6 Å². The molecule has 0 radical (unpaired) electrons. The fourth-order valence-electron chi connectivity index (χ4n) is 2.91. The van der Waals surface area contributed by atoms with Crippen molar-refractivity contribution < 1.29 is 22.7 Å². The van der Waals surface area contributed by atoms with Crippen molar-refractivity contribution >= 4 is 17.7 Å². The normalized spacial score (nSPS) is 11.4. The number of ether oxygens (including phenoxy) is 1. The maximum atomic E-state index is 13.0. The van der Waals surface area contributed by atoms with Gasteiger partial charge in [0.25, 0.3) is 0 Å². The molecule has 1 amide bonds. The molecule has 7 nitrogen and oxygen atoms in total. The van der Waals surface area contributed by atoms with E-state index in [-0.39, 0.29) is 17.5 Å². The molecule has 0 aliphatic heterocycles. The summed E-state index contributed by atoms with van der Waals surface area (Å²) in [5.74, 6) is 6.17. The molecule has 0 unspecified atom stereocenters. The molecule has 32 heavy (non-hydrogen) atoms. The SMILES string of the molecule is CCOc1ccc(-c2nnc(SCC(=O)N(Cc3ccccc3)CC(F)(F)F)n2N)cc1. The Morgan fingerprint density at radius 1 is 1.12 bits per heavy atom. The number of carbonyl (C=O) groups is 1. The first-order valence-corrected chi connectivity index (χ1v) is 10.7. The van der Waals surface area contributed by atoms with Crippen molar-refractivity contribution in [2.24, 2.45) is 0 Å². The van der Waals surface area contributed by atoms with Crippen LogP contribution in [0, 0.1) is 0 Å². The van der Waals surface area contributed by atoms with E-state index < -0.39 is 18.6 Å². The van der Waals surface area contributed by atoms with Crippen molar-refractivity contribution in [2.75, 3.05) is 24.7 Å². The van der Waals surface area contributed by atoms with Gasteiger partial charge in [0.1, 0.15) is 12.3 Å². The molecular formula is C21H22F3N5O2S. The van der Waals surface area contributed by atoms with E-state index in [1.807, 2.05) is 6.92 Å². The Bertz CT molecular complexity index is 1030. The standard InChI is InChI=1S/C21H22F3N5O2S/c1-2-31-17-10-8-16(9-11-17)19-26-27-20(29(19)25)32-13-18(30)28(14-21(22,23)24)12-15-6-4-3-5-7-15/h3-11H,2,12-14,25H2,1H3. The van der Waals surface area contributed by atoms with Crippen molar-refractivity contribution in [3.05, 3.63) is 60.2 Å². The summed E-state index contributed by atoms with van der Waals surface area (Å²) in [6.45, 7) is 0.933. The minimum atomic E-state index is -4.51. The largest absolute Gasteiger partial charge is 0.494 e. The molecule has 0 fully saturated rings. The molecule has 3 rings (SSSR count). The van der Waals surface area contributed by atoms with Gasteiger partial charge in [-0.2, -0.15) is 13.2 Å². The molecule has 0 atom stereocenters. The first-order chi connectivity index (χ1) is 15.3. The number of alkyl halides is 3. The van der Waals surface area contributed by atoms with Gasteiger partial charge in [-0.25, -0.2) is 4.68 Å². The number of benzene rings is 2. The highest BCUT2D eigenvalue weighted by molar-refractivity contribution is 7.99. The average Bonchev–Trinajstić information content (AvgIpc) is 3.12. The number of nitrogen functional groups attached to an aromatic ring is 1. The number of thioether (sulfide) groups is 1. The van der Waals surface area contributed by atoms with Crippen molar-refractivity contribution in [1.82, 2.24) is 19.8 Å². The summed E-state index contributed by atoms with van der Waals surface area (Å²) in [6.07, 6.45) is -4.51.